The van der Waals surface area contributed by atoms with Gasteiger partial charge in [0.1, 0.15) is 6.07 Å². The second kappa shape index (κ2) is 3.92. The molecule has 0 aromatic heterocycles. The van der Waals surface area contributed by atoms with E-state index < -0.39 is 0 Å². The molecule has 0 saturated carbocycles. The molecule has 3 heteroatoms. The lowest BCUT2D eigenvalue weighted by atomic mass is 10.0. The van der Waals surface area contributed by atoms with Crippen molar-refractivity contribution in [1.29, 1.82) is 5.26 Å². The van der Waals surface area contributed by atoms with Crippen molar-refractivity contribution in [2.75, 3.05) is 12.3 Å². The lowest BCUT2D eigenvalue weighted by Gasteiger charge is -2.12. The highest BCUT2D eigenvalue weighted by Gasteiger charge is 2.21. The van der Waals surface area contributed by atoms with Crippen LogP contribution in [0.25, 0.3) is 0 Å². The minimum atomic E-state index is 0.604. The van der Waals surface area contributed by atoms with Gasteiger partial charge in [-0.2, -0.15) is 5.26 Å². The van der Waals surface area contributed by atoms with E-state index in [0.29, 0.717) is 11.3 Å². The standard InChI is InChI=1S/C12H15N3/c1-2-5-15-7-10-4-3-9(6-13)12(14)11(10)8-15/h3-4H,2,5,7-8,14H2,1H3. The van der Waals surface area contributed by atoms with Crippen LogP contribution in [0, 0.1) is 11.3 Å². The van der Waals surface area contributed by atoms with Crippen LogP contribution in [-0.4, -0.2) is 11.4 Å². The zero-order chi connectivity index (χ0) is 10.8. The second-order valence-electron chi connectivity index (χ2n) is 3.99. The Morgan fingerprint density at radius 1 is 1.47 bits per heavy atom. The Balaban J connectivity index is 2.31. The van der Waals surface area contributed by atoms with Crippen LogP contribution < -0.4 is 5.73 Å². The van der Waals surface area contributed by atoms with Crippen molar-refractivity contribution in [2.45, 2.75) is 26.4 Å². The van der Waals surface area contributed by atoms with Gasteiger partial charge in [0, 0.05) is 13.1 Å². The maximum atomic E-state index is 8.88. The van der Waals surface area contributed by atoms with Crippen molar-refractivity contribution in [3.63, 3.8) is 0 Å². The molecule has 0 bridgehead atoms. The highest BCUT2D eigenvalue weighted by molar-refractivity contribution is 5.62. The molecule has 0 amide bonds. The molecule has 0 saturated heterocycles. The molecule has 1 heterocycles. The van der Waals surface area contributed by atoms with Gasteiger partial charge in [0.05, 0.1) is 11.3 Å². The normalized spacial score (nSPS) is 14.9. The summed E-state index contributed by atoms with van der Waals surface area (Å²) in [5, 5.41) is 8.88. The van der Waals surface area contributed by atoms with Crippen LogP contribution in [0.5, 0.6) is 0 Å². The van der Waals surface area contributed by atoms with Crippen molar-refractivity contribution in [1.82, 2.24) is 4.90 Å². The number of nitrogen functional groups attached to an aromatic ring is 1. The fourth-order valence-corrected chi connectivity index (χ4v) is 2.14. The molecule has 0 spiro atoms. The van der Waals surface area contributed by atoms with E-state index in [9.17, 15) is 0 Å². The third kappa shape index (κ3) is 1.69. The number of hydrogen-bond acceptors (Lipinski definition) is 3. The Hall–Kier alpha value is -1.53. The highest BCUT2D eigenvalue weighted by atomic mass is 15.1. The maximum absolute atomic E-state index is 8.88. The first-order chi connectivity index (χ1) is 7.26. The zero-order valence-electron chi connectivity index (χ0n) is 8.95. The number of nitrogens with zero attached hydrogens (tertiary/aromatic N) is 2. The minimum Gasteiger partial charge on any atom is -0.397 e. The topological polar surface area (TPSA) is 53.0 Å². The summed E-state index contributed by atoms with van der Waals surface area (Å²) in [7, 11) is 0. The number of nitrogens with two attached hydrogens (primary N) is 1. The van der Waals surface area contributed by atoms with Crippen LogP contribution in [0.1, 0.15) is 30.0 Å². The molecule has 2 N–H and O–H groups in total. The minimum absolute atomic E-state index is 0.604. The summed E-state index contributed by atoms with van der Waals surface area (Å²) in [6, 6.07) is 5.98. The van der Waals surface area contributed by atoms with E-state index in [0.717, 1.165) is 31.6 Å². The first-order valence-corrected chi connectivity index (χ1v) is 5.29. The molecule has 1 aromatic rings. The Labute approximate surface area is 90.1 Å². The van der Waals surface area contributed by atoms with E-state index in [1.807, 2.05) is 12.1 Å². The molecule has 1 aromatic carbocycles. The molecule has 1 aliphatic heterocycles. The Morgan fingerprint density at radius 2 is 2.27 bits per heavy atom. The number of rotatable bonds is 2. The SMILES string of the molecule is CCCN1Cc2ccc(C#N)c(N)c2C1. The van der Waals surface area contributed by atoms with Gasteiger partial charge in [-0.25, -0.2) is 0 Å². The van der Waals surface area contributed by atoms with Gasteiger partial charge >= 0.3 is 0 Å². The van der Waals surface area contributed by atoms with E-state index in [1.165, 1.54) is 5.56 Å². The monoisotopic (exact) mass is 201 g/mol. The zero-order valence-corrected chi connectivity index (χ0v) is 8.95. The summed E-state index contributed by atoms with van der Waals surface area (Å²) in [6.07, 6.45) is 1.15. The number of nitriles is 1. The summed E-state index contributed by atoms with van der Waals surface area (Å²) in [6.45, 7) is 5.13. The van der Waals surface area contributed by atoms with E-state index in [2.05, 4.69) is 17.9 Å². The molecular weight excluding hydrogens is 186 g/mol. The van der Waals surface area contributed by atoms with Gasteiger partial charge in [-0.3, -0.25) is 4.90 Å². The molecule has 2 rings (SSSR count). The highest BCUT2D eigenvalue weighted by Crippen LogP contribution is 2.29. The molecule has 0 aliphatic carbocycles. The largest absolute Gasteiger partial charge is 0.397 e. The third-order valence-corrected chi connectivity index (χ3v) is 2.89. The number of hydrogen-bond donors (Lipinski definition) is 1. The van der Waals surface area contributed by atoms with Crippen LogP contribution in [0.3, 0.4) is 0 Å². The van der Waals surface area contributed by atoms with Gasteiger partial charge in [0.15, 0.2) is 0 Å². The molecule has 0 fully saturated rings. The lowest BCUT2D eigenvalue weighted by Crippen LogP contribution is -2.16. The molecule has 0 unspecified atom stereocenters. The number of anilines is 1. The van der Waals surface area contributed by atoms with Crippen LogP contribution >= 0.6 is 0 Å². The van der Waals surface area contributed by atoms with Gasteiger partial charge in [0.25, 0.3) is 0 Å². The molecule has 0 radical (unpaired) electrons. The molecular formula is C12H15N3. The molecule has 3 nitrogen and oxygen atoms in total. The average Bonchev–Trinajstić information content (AvgIpc) is 2.63. The first-order valence-electron chi connectivity index (χ1n) is 5.29. The summed E-state index contributed by atoms with van der Waals surface area (Å²) < 4.78 is 0. The average molecular weight is 201 g/mol. The Kier molecular flexibility index (Phi) is 2.61. The maximum Gasteiger partial charge on any atom is 0.101 e. The van der Waals surface area contributed by atoms with Crippen molar-refractivity contribution < 1.29 is 0 Å². The van der Waals surface area contributed by atoms with E-state index >= 15 is 0 Å². The third-order valence-electron chi connectivity index (χ3n) is 2.89. The summed E-state index contributed by atoms with van der Waals surface area (Å²) in [4.78, 5) is 2.36. The molecule has 0 atom stereocenters. The molecule has 1 aliphatic rings. The number of fused-ring (bicyclic) bond motifs is 1. The van der Waals surface area contributed by atoms with Crippen LogP contribution in [-0.2, 0) is 13.1 Å². The van der Waals surface area contributed by atoms with E-state index in [1.54, 1.807) is 0 Å². The smallest absolute Gasteiger partial charge is 0.101 e. The molecule has 15 heavy (non-hydrogen) atoms. The number of benzene rings is 1. The summed E-state index contributed by atoms with van der Waals surface area (Å²) in [5.41, 5.74) is 9.67. The van der Waals surface area contributed by atoms with Crippen LogP contribution in [0.2, 0.25) is 0 Å². The van der Waals surface area contributed by atoms with Crippen LogP contribution in [0.15, 0.2) is 12.1 Å². The van der Waals surface area contributed by atoms with Gasteiger partial charge in [-0.1, -0.05) is 13.0 Å². The Bertz CT molecular complexity index is 418. The van der Waals surface area contributed by atoms with Gasteiger partial charge in [-0.05, 0) is 30.2 Å². The quantitative estimate of drug-likeness (QED) is 0.743. The predicted molar refractivity (Wildman–Crippen MR) is 60.0 cm³/mol. The van der Waals surface area contributed by atoms with Crippen molar-refractivity contribution in [2.24, 2.45) is 0 Å². The van der Waals surface area contributed by atoms with Crippen molar-refractivity contribution in [3.05, 3.63) is 28.8 Å². The van der Waals surface area contributed by atoms with Crippen molar-refractivity contribution >= 4 is 5.69 Å². The first kappa shape index (κ1) is 10.0. The summed E-state index contributed by atoms with van der Waals surface area (Å²) in [5.74, 6) is 0. The Morgan fingerprint density at radius 3 is 2.93 bits per heavy atom. The predicted octanol–water partition coefficient (Wildman–Crippen LogP) is 1.87. The molecule has 78 valence electrons. The summed E-state index contributed by atoms with van der Waals surface area (Å²) >= 11 is 0. The lowest BCUT2D eigenvalue weighted by molar-refractivity contribution is 0.285. The van der Waals surface area contributed by atoms with E-state index in [-0.39, 0.29) is 0 Å². The van der Waals surface area contributed by atoms with Gasteiger partial charge < -0.3 is 5.73 Å². The van der Waals surface area contributed by atoms with Crippen molar-refractivity contribution in [3.8, 4) is 6.07 Å². The van der Waals surface area contributed by atoms with Crippen LogP contribution in [0.4, 0.5) is 5.69 Å². The van der Waals surface area contributed by atoms with Gasteiger partial charge in [-0.15, -0.1) is 0 Å². The van der Waals surface area contributed by atoms with E-state index in [4.69, 9.17) is 11.0 Å². The second-order valence-corrected chi connectivity index (χ2v) is 3.99. The fourth-order valence-electron chi connectivity index (χ4n) is 2.14. The van der Waals surface area contributed by atoms with Gasteiger partial charge in [0.2, 0.25) is 0 Å². The fraction of sp³-hybridized carbons (Fsp3) is 0.417.